The molecule has 0 bridgehead atoms. The minimum atomic E-state index is -0.533. The summed E-state index contributed by atoms with van der Waals surface area (Å²) in [5, 5.41) is 2.70. The van der Waals surface area contributed by atoms with Crippen LogP contribution in [0.1, 0.15) is 40.4 Å². The Morgan fingerprint density at radius 1 is 1.44 bits per heavy atom. The number of amides is 1. The van der Waals surface area contributed by atoms with E-state index in [4.69, 9.17) is 14.0 Å². The summed E-state index contributed by atoms with van der Waals surface area (Å²) in [5.74, 6) is 0.644. The molecule has 1 aromatic carbocycles. The van der Waals surface area contributed by atoms with E-state index in [1.165, 1.54) is 0 Å². The lowest BCUT2D eigenvalue weighted by Gasteiger charge is -2.19. The summed E-state index contributed by atoms with van der Waals surface area (Å²) in [4.78, 5) is 19.6. The molecule has 2 N–H and O–H groups in total. The standard InChI is InChI=1S/C17H24BN3O4/c1-16(2,3)24-15(22)19-9-13-20-12-8-6-7-11(14(12)21-13)18-23-10-17(4,5)25-18/h6-8H,9-10H2,1-5H3,(H,19,22)(H,20,21). The molecule has 0 aliphatic carbocycles. The fourth-order valence-electron chi connectivity index (χ4n) is 2.64. The lowest BCUT2D eigenvalue weighted by atomic mass is 9.78. The molecule has 2 aromatic rings. The molecule has 1 aliphatic heterocycles. The molecule has 1 fully saturated rings. The summed E-state index contributed by atoms with van der Waals surface area (Å²) in [6.07, 6.45) is -0.475. The van der Waals surface area contributed by atoms with E-state index in [2.05, 4.69) is 15.3 Å². The van der Waals surface area contributed by atoms with Gasteiger partial charge in [0.15, 0.2) is 0 Å². The SMILES string of the molecule is CC(C)(C)OC(=O)NCc1nc2c(B3OCC(C)(C)O3)cccc2[nH]1. The molecule has 1 saturated heterocycles. The van der Waals surface area contributed by atoms with Crippen molar-refractivity contribution in [1.29, 1.82) is 0 Å². The molecule has 2 heterocycles. The summed E-state index contributed by atoms with van der Waals surface area (Å²) in [6, 6.07) is 5.81. The van der Waals surface area contributed by atoms with Gasteiger partial charge in [-0.05, 0) is 40.7 Å². The van der Waals surface area contributed by atoms with Crippen molar-refractivity contribution in [3.63, 3.8) is 0 Å². The number of imidazole rings is 1. The summed E-state index contributed by atoms with van der Waals surface area (Å²) in [5.41, 5.74) is 1.68. The quantitative estimate of drug-likeness (QED) is 0.833. The van der Waals surface area contributed by atoms with E-state index in [-0.39, 0.29) is 12.1 Å². The Bertz CT molecular complexity index is 782. The van der Waals surface area contributed by atoms with E-state index in [0.717, 1.165) is 16.5 Å². The number of aromatic amines is 1. The molecule has 1 aliphatic rings. The van der Waals surface area contributed by atoms with Crippen LogP contribution >= 0.6 is 0 Å². The Hall–Kier alpha value is -2.06. The third-order valence-electron chi connectivity index (χ3n) is 3.65. The zero-order valence-corrected chi connectivity index (χ0v) is 15.3. The number of fused-ring (bicyclic) bond motifs is 1. The maximum absolute atomic E-state index is 11.8. The van der Waals surface area contributed by atoms with Gasteiger partial charge in [-0.1, -0.05) is 12.1 Å². The molecule has 0 unspecified atom stereocenters. The van der Waals surface area contributed by atoms with E-state index < -0.39 is 18.8 Å². The van der Waals surface area contributed by atoms with Gasteiger partial charge < -0.3 is 24.3 Å². The maximum Gasteiger partial charge on any atom is 0.496 e. The van der Waals surface area contributed by atoms with Crippen LogP contribution in [0.5, 0.6) is 0 Å². The van der Waals surface area contributed by atoms with Gasteiger partial charge in [0.25, 0.3) is 0 Å². The predicted octanol–water partition coefficient (Wildman–Crippen LogP) is 2.11. The molecule has 3 rings (SSSR count). The molecule has 25 heavy (non-hydrogen) atoms. The van der Waals surface area contributed by atoms with Crippen molar-refractivity contribution in [3.05, 3.63) is 24.0 Å². The van der Waals surface area contributed by atoms with Crippen molar-refractivity contribution in [2.75, 3.05) is 6.61 Å². The van der Waals surface area contributed by atoms with Crippen LogP contribution in [-0.4, -0.2) is 41.0 Å². The third-order valence-corrected chi connectivity index (χ3v) is 3.65. The molecule has 0 atom stereocenters. The number of aromatic nitrogens is 2. The average molecular weight is 345 g/mol. The van der Waals surface area contributed by atoms with E-state index in [0.29, 0.717) is 12.4 Å². The number of nitrogens with one attached hydrogen (secondary N) is 2. The smallest absolute Gasteiger partial charge is 0.444 e. The fraction of sp³-hybridized carbons (Fsp3) is 0.529. The predicted molar refractivity (Wildman–Crippen MR) is 95.7 cm³/mol. The zero-order chi connectivity index (χ0) is 18.2. The number of ether oxygens (including phenoxy) is 1. The third kappa shape index (κ3) is 4.32. The van der Waals surface area contributed by atoms with Crippen LogP contribution in [0.25, 0.3) is 11.0 Å². The summed E-state index contributed by atoms with van der Waals surface area (Å²) < 4.78 is 16.9. The number of benzene rings is 1. The molecule has 0 spiro atoms. The number of alkyl carbamates (subject to hydrolysis) is 1. The van der Waals surface area contributed by atoms with E-state index in [1.807, 2.05) is 52.8 Å². The van der Waals surface area contributed by atoms with Gasteiger partial charge in [-0.2, -0.15) is 0 Å². The first-order valence-corrected chi connectivity index (χ1v) is 8.37. The normalized spacial score (nSPS) is 17.1. The van der Waals surface area contributed by atoms with Crippen molar-refractivity contribution in [1.82, 2.24) is 15.3 Å². The van der Waals surface area contributed by atoms with Gasteiger partial charge in [-0.25, -0.2) is 9.78 Å². The Labute approximate surface area is 147 Å². The number of carbonyl (C=O) groups is 1. The largest absolute Gasteiger partial charge is 0.496 e. The van der Waals surface area contributed by atoms with Crippen molar-refractivity contribution >= 4 is 29.7 Å². The van der Waals surface area contributed by atoms with Gasteiger partial charge in [0, 0.05) is 5.46 Å². The van der Waals surface area contributed by atoms with E-state index in [9.17, 15) is 4.79 Å². The summed E-state index contributed by atoms with van der Waals surface area (Å²) >= 11 is 0. The molecule has 134 valence electrons. The Morgan fingerprint density at radius 3 is 2.84 bits per heavy atom. The number of hydrogen-bond acceptors (Lipinski definition) is 5. The minimum absolute atomic E-state index is 0.251. The molecule has 1 amide bonds. The van der Waals surface area contributed by atoms with Crippen LogP contribution in [0.15, 0.2) is 18.2 Å². The van der Waals surface area contributed by atoms with Crippen molar-refractivity contribution in [3.8, 4) is 0 Å². The monoisotopic (exact) mass is 345 g/mol. The molecule has 0 radical (unpaired) electrons. The van der Waals surface area contributed by atoms with Gasteiger partial charge >= 0.3 is 13.2 Å². The first-order valence-electron chi connectivity index (χ1n) is 8.37. The van der Waals surface area contributed by atoms with Crippen LogP contribution in [0, 0.1) is 0 Å². The van der Waals surface area contributed by atoms with Crippen LogP contribution in [0.2, 0.25) is 0 Å². The second kappa shape index (κ2) is 6.35. The second-order valence-electron chi connectivity index (χ2n) is 7.80. The molecular formula is C17H24BN3O4. The van der Waals surface area contributed by atoms with Gasteiger partial charge in [0.1, 0.15) is 11.4 Å². The first kappa shape index (κ1) is 17.8. The Balaban J connectivity index is 1.74. The van der Waals surface area contributed by atoms with Crippen LogP contribution in [0.3, 0.4) is 0 Å². The summed E-state index contributed by atoms with van der Waals surface area (Å²) in [6.45, 7) is 10.2. The second-order valence-corrected chi connectivity index (χ2v) is 7.80. The average Bonchev–Trinajstić information content (AvgIpc) is 3.05. The summed E-state index contributed by atoms with van der Waals surface area (Å²) in [7, 11) is -0.436. The highest BCUT2D eigenvalue weighted by Gasteiger charge is 2.39. The number of hydrogen-bond donors (Lipinski definition) is 2. The van der Waals surface area contributed by atoms with Crippen molar-refractivity contribution in [2.45, 2.75) is 52.4 Å². The molecule has 7 nitrogen and oxygen atoms in total. The fourth-order valence-corrected chi connectivity index (χ4v) is 2.64. The van der Waals surface area contributed by atoms with Crippen LogP contribution in [0.4, 0.5) is 4.79 Å². The maximum atomic E-state index is 11.8. The number of para-hydroxylation sites is 1. The van der Waals surface area contributed by atoms with Gasteiger partial charge in [-0.3, -0.25) is 0 Å². The first-order chi connectivity index (χ1) is 11.6. The Kier molecular flexibility index (Phi) is 4.51. The highest BCUT2D eigenvalue weighted by Crippen LogP contribution is 2.21. The van der Waals surface area contributed by atoms with Crippen LogP contribution < -0.4 is 10.8 Å². The number of nitrogens with zero attached hydrogens (tertiary/aromatic N) is 1. The van der Waals surface area contributed by atoms with Gasteiger partial charge in [-0.15, -0.1) is 0 Å². The number of carbonyl (C=O) groups excluding carboxylic acids is 1. The van der Waals surface area contributed by atoms with Gasteiger partial charge in [0.05, 0.1) is 29.8 Å². The molecule has 8 heteroatoms. The van der Waals surface area contributed by atoms with Crippen molar-refractivity contribution in [2.24, 2.45) is 0 Å². The Morgan fingerprint density at radius 2 is 2.20 bits per heavy atom. The molecule has 0 saturated carbocycles. The van der Waals surface area contributed by atoms with E-state index >= 15 is 0 Å². The van der Waals surface area contributed by atoms with Crippen molar-refractivity contribution < 1.29 is 18.8 Å². The highest BCUT2D eigenvalue weighted by molar-refractivity contribution is 6.64. The lowest BCUT2D eigenvalue weighted by Crippen LogP contribution is -2.35. The number of rotatable bonds is 3. The molecular weight excluding hydrogens is 321 g/mol. The molecule has 1 aromatic heterocycles. The highest BCUT2D eigenvalue weighted by atomic mass is 16.7. The van der Waals surface area contributed by atoms with E-state index in [1.54, 1.807) is 0 Å². The van der Waals surface area contributed by atoms with Gasteiger partial charge in [0.2, 0.25) is 0 Å². The topological polar surface area (TPSA) is 85.5 Å². The lowest BCUT2D eigenvalue weighted by molar-refractivity contribution is 0.0522. The minimum Gasteiger partial charge on any atom is -0.444 e. The number of H-pyrrole nitrogens is 1. The van der Waals surface area contributed by atoms with Crippen LogP contribution in [-0.2, 0) is 20.6 Å². The zero-order valence-electron chi connectivity index (χ0n) is 15.3.